The second-order valence-electron chi connectivity index (χ2n) is 4.59. The van der Waals surface area contributed by atoms with Gasteiger partial charge in [-0.15, -0.1) is 0 Å². The molecule has 0 bridgehead atoms. The third kappa shape index (κ3) is 3.59. The van der Waals surface area contributed by atoms with Gasteiger partial charge < -0.3 is 10.5 Å². The van der Waals surface area contributed by atoms with Crippen LogP contribution in [0.2, 0.25) is 0 Å². The van der Waals surface area contributed by atoms with Crippen molar-refractivity contribution in [1.82, 2.24) is 0 Å². The van der Waals surface area contributed by atoms with Gasteiger partial charge in [0.25, 0.3) is 0 Å². The molecule has 0 aromatic carbocycles. The van der Waals surface area contributed by atoms with Crippen LogP contribution in [0.5, 0.6) is 0 Å². The summed E-state index contributed by atoms with van der Waals surface area (Å²) in [5.41, 5.74) is 4.69. The summed E-state index contributed by atoms with van der Waals surface area (Å²) in [6, 6.07) is 0. The number of ether oxygens (including phenoxy) is 1. The SMILES string of the molecule is COC(=O)C(CN)(CCCC(F)(F)F)C1CC1. The Labute approximate surface area is 98.5 Å². The van der Waals surface area contributed by atoms with E-state index in [1.807, 2.05) is 0 Å². The monoisotopic (exact) mass is 253 g/mol. The first-order valence-electron chi connectivity index (χ1n) is 5.71. The van der Waals surface area contributed by atoms with Crippen LogP contribution in [0, 0.1) is 11.3 Å². The molecule has 1 fully saturated rings. The minimum Gasteiger partial charge on any atom is -0.469 e. The molecule has 6 heteroatoms. The molecule has 1 rings (SSSR count). The van der Waals surface area contributed by atoms with Crippen molar-refractivity contribution in [3.63, 3.8) is 0 Å². The Morgan fingerprint density at radius 1 is 1.35 bits per heavy atom. The molecule has 0 aliphatic heterocycles. The summed E-state index contributed by atoms with van der Waals surface area (Å²) in [7, 11) is 1.25. The standard InChI is InChI=1S/C11H18F3NO2/c1-17-9(16)10(7-15,8-3-4-8)5-2-6-11(12,13)14/h8H,2-7,15H2,1H3. The number of esters is 1. The number of hydrogen-bond acceptors (Lipinski definition) is 3. The van der Waals surface area contributed by atoms with Crippen molar-refractivity contribution in [1.29, 1.82) is 0 Å². The largest absolute Gasteiger partial charge is 0.469 e. The highest BCUT2D eigenvalue weighted by Gasteiger charge is 2.50. The van der Waals surface area contributed by atoms with Crippen LogP contribution >= 0.6 is 0 Å². The average Bonchev–Trinajstić information content (AvgIpc) is 3.06. The second kappa shape index (κ2) is 5.25. The smallest absolute Gasteiger partial charge is 0.389 e. The van der Waals surface area contributed by atoms with Gasteiger partial charge in [0.05, 0.1) is 12.5 Å². The van der Waals surface area contributed by atoms with Gasteiger partial charge in [-0.25, -0.2) is 0 Å². The number of carbonyl (C=O) groups is 1. The number of methoxy groups -OCH3 is 1. The van der Waals surface area contributed by atoms with Gasteiger partial charge in [-0.2, -0.15) is 13.2 Å². The summed E-state index contributed by atoms with van der Waals surface area (Å²) in [6.45, 7) is 0.0577. The maximum Gasteiger partial charge on any atom is 0.389 e. The predicted molar refractivity (Wildman–Crippen MR) is 56.1 cm³/mol. The van der Waals surface area contributed by atoms with Crippen LogP contribution in [0.3, 0.4) is 0 Å². The Hall–Kier alpha value is -0.780. The Morgan fingerprint density at radius 2 is 1.94 bits per heavy atom. The normalized spacial score (nSPS) is 19.8. The van der Waals surface area contributed by atoms with Crippen LogP contribution in [-0.2, 0) is 9.53 Å². The van der Waals surface area contributed by atoms with Crippen LogP contribution in [0.1, 0.15) is 32.1 Å². The third-order valence-corrected chi connectivity index (χ3v) is 3.40. The van der Waals surface area contributed by atoms with Gasteiger partial charge in [0, 0.05) is 13.0 Å². The van der Waals surface area contributed by atoms with E-state index in [4.69, 9.17) is 10.5 Å². The summed E-state index contributed by atoms with van der Waals surface area (Å²) in [5, 5.41) is 0. The highest BCUT2D eigenvalue weighted by Crippen LogP contribution is 2.49. The fraction of sp³-hybridized carbons (Fsp3) is 0.909. The van der Waals surface area contributed by atoms with E-state index in [0.29, 0.717) is 0 Å². The zero-order valence-electron chi connectivity index (χ0n) is 9.85. The van der Waals surface area contributed by atoms with Gasteiger partial charge >= 0.3 is 12.1 Å². The first-order chi connectivity index (χ1) is 7.85. The van der Waals surface area contributed by atoms with E-state index in [9.17, 15) is 18.0 Å². The molecule has 1 aliphatic rings. The van der Waals surface area contributed by atoms with Crippen molar-refractivity contribution in [2.45, 2.75) is 38.3 Å². The van der Waals surface area contributed by atoms with Gasteiger partial charge in [-0.3, -0.25) is 4.79 Å². The number of carbonyl (C=O) groups excluding carboxylic acids is 1. The number of halogens is 3. The van der Waals surface area contributed by atoms with E-state index in [2.05, 4.69) is 0 Å². The molecular weight excluding hydrogens is 235 g/mol. The molecule has 0 aromatic rings. The highest BCUT2D eigenvalue weighted by atomic mass is 19.4. The van der Waals surface area contributed by atoms with Crippen molar-refractivity contribution in [2.75, 3.05) is 13.7 Å². The van der Waals surface area contributed by atoms with Crippen molar-refractivity contribution in [3.05, 3.63) is 0 Å². The zero-order chi connectivity index (χ0) is 13.1. The predicted octanol–water partition coefficient (Wildman–Crippen LogP) is 2.25. The molecule has 0 spiro atoms. The molecule has 0 radical (unpaired) electrons. The number of alkyl halides is 3. The minimum absolute atomic E-state index is 0.0577. The molecule has 100 valence electrons. The summed E-state index contributed by atoms with van der Waals surface area (Å²) in [4.78, 5) is 11.7. The lowest BCUT2D eigenvalue weighted by molar-refractivity contribution is -0.157. The molecule has 17 heavy (non-hydrogen) atoms. The van der Waals surface area contributed by atoms with Crippen molar-refractivity contribution in [3.8, 4) is 0 Å². The van der Waals surface area contributed by atoms with E-state index in [0.717, 1.165) is 12.8 Å². The molecule has 2 N–H and O–H groups in total. The third-order valence-electron chi connectivity index (χ3n) is 3.40. The Kier molecular flexibility index (Phi) is 4.41. The van der Waals surface area contributed by atoms with Gasteiger partial charge in [0.2, 0.25) is 0 Å². The van der Waals surface area contributed by atoms with Gasteiger partial charge in [-0.1, -0.05) is 0 Å². The van der Waals surface area contributed by atoms with E-state index >= 15 is 0 Å². The lowest BCUT2D eigenvalue weighted by atomic mass is 9.78. The van der Waals surface area contributed by atoms with Crippen LogP contribution in [0.4, 0.5) is 13.2 Å². The Balaban J connectivity index is 2.61. The number of hydrogen-bond donors (Lipinski definition) is 1. The van der Waals surface area contributed by atoms with E-state index in [-0.39, 0.29) is 25.3 Å². The summed E-state index contributed by atoms with van der Waals surface area (Å²) in [6.07, 6.45) is -3.29. The topological polar surface area (TPSA) is 52.3 Å². The van der Waals surface area contributed by atoms with E-state index < -0.39 is 24.0 Å². The van der Waals surface area contributed by atoms with Crippen LogP contribution in [-0.4, -0.2) is 25.8 Å². The van der Waals surface area contributed by atoms with Crippen LogP contribution < -0.4 is 5.73 Å². The van der Waals surface area contributed by atoms with Gasteiger partial charge in [0.15, 0.2) is 0 Å². The summed E-state index contributed by atoms with van der Waals surface area (Å²) >= 11 is 0. The van der Waals surface area contributed by atoms with Crippen LogP contribution in [0.25, 0.3) is 0 Å². The maximum atomic E-state index is 12.1. The molecular formula is C11H18F3NO2. The highest BCUT2D eigenvalue weighted by molar-refractivity contribution is 5.78. The average molecular weight is 253 g/mol. The zero-order valence-corrected chi connectivity index (χ0v) is 9.85. The van der Waals surface area contributed by atoms with Crippen molar-refractivity contribution in [2.24, 2.45) is 17.1 Å². The molecule has 1 unspecified atom stereocenters. The van der Waals surface area contributed by atoms with Gasteiger partial charge in [-0.05, 0) is 31.6 Å². The first-order valence-corrected chi connectivity index (χ1v) is 5.71. The molecule has 0 aromatic heterocycles. The van der Waals surface area contributed by atoms with Gasteiger partial charge in [0.1, 0.15) is 0 Å². The molecule has 1 aliphatic carbocycles. The molecule has 3 nitrogen and oxygen atoms in total. The van der Waals surface area contributed by atoms with E-state index in [1.54, 1.807) is 0 Å². The molecule has 1 saturated carbocycles. The van der Waals surface area contributed by atoms with E-state index in [1.165, 1.54) is 7.11 Å². The number of nitrogens with two attached hydrogens (primary N) is 1. The molecule has 1 atom stereocenters. The number of rotatable bonds is 6. The lowest BCUT2D eigenvalue weighted by Crippen LogP contribution is -2.41. The molecule has 0 saturated heterocycles. The van der Waals surface area contributed by atoms with Crippen LogP contribution in [0.15, 0.2) is 0 Å². The van der Waals surface area contributed by atoms with Crippen molar-refractivity contribution < 1.29 is 22.7 Å². The minimum atomic E-state index is -4.18. The Morgan fingerprint density at radius 3 is 2.29 bits per heavy atom. The molecule has 0 amide bonds. The summed E-state index contributed by atoms with van der Waals surface area (Å²) < 4.78 is 41.0. The summed E-state index contributed by atoms with van der Waals surface area (Å²) in [5.74, 6) is -0.377. The quantitative estimate of drug-likeness (QED) is 0.739. The fourth-order valence-electron chi connectivity index (χ4n) is 2.27. The maximum absolute atomic E-state index is 12.1. The fourth-order valence-corrected chi connectivity index (χ4v) is 2.27. The lowest BCUT2D eigenvalue weighted by Gasteiger charge is -2.29. The molecule has 0 heterocycles. The Bertz CT molecular complexity index is 276. The second-order valence-corrected chi connectivity index (χ2v) is 4.59. The van der Waals surface area contributed by atoms with Crippen molar-refractivity contribution >= 4 is 5.97 Å². The first kappa shape index (κ1) is 14.3.